The Morgan fingerprint density at radius 3 is 2.75 bits per heavy atom. The second kappa shape index (κ2) is 8.97. The second-order valence-electron chi connectivity index (χ2n) is 8.63. The number of ether oxygens (including phenoxy) is 1. The van der Waals surface area contributed by atoms with E-state index in [0.29, 0.717) is 12.0 Å². The largest absolute Gasteiger partial charge is 0.497 e. The monoisotopic (exact) mass is 445 g/mol. The van der Waals surface area contributed by atoms with Gasteiger partial charge in [0.05, 0.1) is 17.6 Å². The first-order valence-electron chi connectivity index (χ1n) is 11.3. The van der Waals surface area contributed by atoms with Crippen LogP contribution in [0.2, 0.25) is 5.02 Å². The summed E-state index contributed by atoms with van der Waals surface area (Å²) in [5.74, 6) is 1.44. The van der Waals surface area contributed by atoms with Gasteiger partial charge < -0.3 is 14.6 Å². The highest BCUT2D eigenvalue weighted by atomic mass is 35.5. The number of nitrogens with zero attached hydrogens (tertiary/aromatic N) is 2. The van der Waals surface area contributed by atoms with Gasteiger partial charge >= 0.3 is 0 Å². The molecule has 32 heavy (non-hydrogen) atoms. The molecule has 0 aliphatic carbocycles. The lowest BCUT2D eigenvalue weighted by molar-refractivity contribution is 0.284. The lowest BCUT2D eigenvalue weighted by atomic mass is 9.92. The Labute approximate surface area is 194 Å². The molecule has 2 aromatic carbocycles. The molecule has 1 aliphatic heterocycles. The fraction of sp³-hybridized carbons (Fsp3) is 0.296. The van der Waals surface area contributed by atoms with Gasteiger partial charge in [0, 0.05) is 46.7 Å². The molecule has 5 heteroatoms. The zero-order chi connectivity index (χ0) is 22.1. The van der Waals surface area contributed by atoms with Crippen LogP contribution in [0.15, 0.2) is 67.1 Å². The van der Waals surface area contributed by atoms with Crippen molar-refractivity contribution in [3.8, 4) is 28.0 Å². The van der Waals surface area contributed by atoms with E-state index in [2.05, 4.69) is 46.2 Å². The molecule has 0 saturated carbocycles. The first-order valence-corrected chi connectivity index (χ1v) is 11.6. The van der Waals surface area contributed by atoms with Gasteiger partial charge in [-0.2, -0.15) is 0 Å². The summed E-state index contributed by atoms with van der Waals surface area (Å²) in [6.07, 6.45) is 8.57. The highest BCUT2D eigenvalue weighted by Gasteiger charge is 2.24. The molecule has 0 spiro atoms. The second-order valence-corrected chi connectivity index (χ2v) is 9.03. The molecule has 2 atom stereocenters. The number of hydrogen-bond acceptors (Lipinski definition) is 3. The van der Waals surface area contributed by atoms with E-state index in [9.17, 15) is 0 Å². The SMILES string of the molecule is COc1cccc(-c2cncc(-c3cn(C(C)C4CCCNC4)c4cccc(Cl)c34)c2)c1. The third-order valence-corrected chi connectivity index (χ3v) is 7.03. The maximum Gasteiger partial charge on any atom is 0.119 e. The number of aromatic nitrogens is 2. The summed E-state index contributed by atoms with van der Waals surface area (Å²) < 4.78 is 7.81. The lowest BCUT2D eigenvalue weighted by Crippen LogP contribution is -2.34. The number of benzene rings is 2. The van der Waals surface area contributed by atoms with Gasteiger partial charge in [-0.15, -0.1) is 0 Å². The number of hydrogen-bond donors (Lipinski definition) is 1. The van der Waals surface area contributed by atoms with Gasteiger partial charge in [0.15, 0.2) is 0 Å². The van der Waals surface area contributed by atoms with E-state index in [1.54, 1.807) is 7.11 Å². The standard InChI is InChI=1S/C27H28ClN3O/c1-18(20-7-5-11-29-14-20)31-17-24(27-25(28)9-4-10-26(27)31)22-12-21(15-30-16-22)19-6-3-8-23(13-19)32-2/h3-4,6,8-10,12-13,15-18,20,29H,5,7,11,14H2,1-2H3. The Morgan fingerprint density at radius 1 is 1.09 bits per heavy atom. The van der Waals surface area contributed by atoms with Gasteiger partial charge in [-0.3, -0.25) is 4.98 Å². The molecule has 4 nitrogen and oxygen atoms in total. The van der Waals surface area contributed by atoms with Crippen LogP contribution in [-0.4, -0.2) is 29.8 Å². The Hall–Kier alpha value is -2.82. The third kappa shape index (κ3) is 3.89. The first-order chi connectivity index (χ1) is 15.7. The molecule has 0 bridgehead atoms. The van der Waals surface area contributed by atoms with Crippen molar-refractivity contribution in [3.63, 3.8) is 0 Å². The highest BCUT2D eigenvalue weighted by Crippen LogP contribution is 2.39. The van der Waals surface area contributed by atoms with Crippen molar-refractivity contribution >= 4 is 22.5 Å². The number of nitrogens with one attached hydrogen (secondary N) is 1. The zero-order valence-electron chi connectivity index (χ0n) is 18.5. The van der Waals surface area contributed by atoms with Crippen molar-refractivity contribution in [2.75, 3.05) is 20.2 Å². The van der Waals surface area contributed by atoms with Crippen LogP contribution in [0.1, 0.15) is 25.8 Å². The number of methoxy groups -OCH3 is 1. The maximum absolute atomic E-state index is 6.75. The van der Waals surface area contributed by atoms with Crippen LogP contribution < -0.4 is 10.1 Å². The summed E-state index contributed by atoms with van der Waals surface area (Å²) in [6.45, 7) is 4.51. The number of piperidine rings is 1. The quantitative estimate of drug-likeness (QED) is 0.376. The van der Waals surface area contributed by atoms with E-state index in [0.717, 1.165) is 51.5 Å². The van der Waals surface area contributed by atoms with Crippen molar-refractivity contribution in [2.45, 2.75) is 25.8 Å². The molecular formula is C27H28ClN3O. The molecule has 2 aromatic heterocycles. The molecule has 1 fully saturated rings. The minimum Gasteiger partial charge on any atom is -0.497 e. The molecule has 4 aromatic rings. The van der Waals surface area contributed by atoms with Crippen LogP contribution in [-0.2, 0) is 0 Å². The van der Waals surface area contributed by atoms with Crippen LogP contribution in [0, 0.1) is 5.92 Å². The normalized spacial score (nSPS) is 17.4. The minimum absolute atomic E-state index is 0.382. The van der Waals surface area contributed by atoms with Crippen molar-refractivity contribution in [1.82, 2.24) is 14.9 Å². The number of pyridine rings is 1. The van der Waals surface area contributed by atoms with Gasteiger partial charge in [-0.05, 0) is 74.7 Å². The molecular weight excluding hydrogens is 418 g/mol. The number of halogens is 1. The average Bonchev–Trinajstić information content (AvgIpc) is 3.25. The summed E-state index contributed by atoms with van der Waals surface area (Å²) in [5, 5.41) is 5.43. The van der Waals surface area contributed by atoms with Gasteiger partial charge in [-0.1, -0.05) is 29.8 Å². The number of fused-ring (bicyclic) bond motifs is 1. The van der Waals surface area contributed by atoms with Crippen molar-refractivity contribution in [3.05, 3.63) is 72.1 Å². The predicted octanol–water partition coefficient (Wildman–Crippen LogP) is 6.59. The molecule has 0 radical (unpaired) electrons. The van der Waals surface area contributed by atoms with E-state index in [-0.39, 0.29) is 0 Å². The molecule has 5 rings (SSSR count). The van der Waals surface area contributed by atoms with Gasteiger partial charge in [0.25, 0.3) is 0 Å². The average molecular weight is 446 g/mol. The molecule has 3 heterocycles. The summed E-state index contributed by atoms with van der Waals surface area (Å²) in [4.78, 5) is 4.57. The minimum atomic E-state index is 0.382. The topological polar surface area (TPSA) is 39.1 Å². The molecule has 164 valence electrons. The molecule has 1 aliphatic rings. The highest BCUT2D eigenvalue weighted by molar-refractivity contribution is 6.36. The van der Waals surface area contributed by atoms with Crippen LogP contribution in [0.5, 0.6) is 5.75 Å². The van der Waals surface area contributed by atoms with Crippen LogP contribution >= 0.6 is 11.6 Å². The van der Waals surface area contributed by atoms with Crippen molar-refractivity contribution < 1.29 is 4.74 Å². The van der Waals surface area contributed by atoms with Crippen LogP contribution in [0.25, 0.3) is 33.2 Å². The Kier molecular flexibility index (Phi) is 5.90. The molecule has 0 amide bonds. The van der Waals surface area contributed by atoms with E-state index in [1.807, 2.05) is 42.7 Å². The van der Waals surface area contributed by atoms with E-state index < -0.39 is 0 Å². The summed E-state index contributed by atoms with van der Waals surface area (Å²) in [5.41, 5.74) is 5.50. The molecule has 2 unspecified atom stereocenters. The molecule has 1 N–H and O–H groups in total. The zero-order valence-corrected chi connectivity index (χ0v) is 19.3. The van der Waals surface area contributed by atoms with Crippen molar-refractivity contribution in [2.24, 2.45) is 5.92 Å². The Balaban J connectivity index is 1.61. The smallest absolute Gasteiger partial charge is 0.119 e. The van der Waals surface area contributed by atoms with Crippen LogP contribution in [0.3, 0.4) is 0 Å². The number of rotatable bonds is 5. The fourth-order valence-corrected chi connectivity index (χ4v) is 5.16. The van der Waals surface area contributed by atoms with Crippen LogP contribution in [0.4, 0.5) is 0 Å². The Morgan fingerprint density at radius 2 is 1.94 bits per heavy atom. The lowest BCUT2D eigenvalue weighted by Gasteiger charge is -2.30. The van der Waals surface area contributed by atoms with Crippen molar-refractivity contribution in [1.29, 1.82) is 0 Å². The fourth-order valence-electron chi connectivity index (χ4n) is 4.89. The predicted molar refractivity (Wildman–Crippen MR) is 132 cm³/mol. The summed E-state index contributed by atoms with van der Waals surface area (Å²) in [6, 6.07) is 16.8. The maximum atomic E-state index is 6.75. The summed E-state index contributed by atoms with van der Waals surface area (Å²) >= 11 is 6.75. The third-order valence-electron chi connectivity index (χ3n) is 6.72. The van der Waals surface area contributed by atoms with Gasteiger partial charge in [0.2, 0.25) is 0 Å². The van der Waals surface area contributed by atoms with E-state index in [4.69, 9.17) is 16.3 Å². The van der Waals surface area contributed by atoms with E-state index >= 15 is 0 Å². The first kappa shape index (κ1) is 21.0. The molecule has 1 saturated heterocycles. The Bertz CT molecular complexity index is 1240. The van der Waals surface area contributed by atoms with Gasteiger partial charge in [0.1, 0.15) is 5.75 Å². The summed E-state index contributed by atoms with van der Waals surface area (Å²) in [7, 11) is 1.69. The van der Waals surface area contributed by atoms with E-state index in [1.165, 1.54) is 18.4 Å². The van der Waals surface area contributed by atoms with Gasteiger partial charge in [-0.25, -0.2) is 0 Å².